The minimum absolute atomic E-state index is 0.128. The number of hydrogen-bond donors (Lipinski definition) is 1. The predicted molar refractivity (Wildman–Crippen MR) is 79.1 cm³/mol. The van der Waals surface area contributed by atoms with Crippen molar-refractivity contribution < 1.29 is 4.79 Å². The molecular weight excluding hydrogens is 304 g/mol. The topological polar surface area (TPSA) is 32.3 Å². The first kappa shape index (κ1) is 13.1. The van der Waals surface area contributed by atoms with Crippen LogP contribution in [0.3, 0.4) is 0 Å². The minimum atomic E-state index is 0.128. The quantitative estimate of drug-likeness (QED) is 0.907. The number of carbonyl (C=O) groups is 1. The van der Waals surface area contributed by atoms with Crippen molar-refractivity contribution in [2.75, 3.05) is 19.6 Å². The van der Waals surface area contributed by atoms with E-state index in [-0.39, 0.29) is 11.9 Å². The Morgan fingerprint density at radius 2 is 2.00 bits per heavy atom. The third-order valence-electron chi connectivity index (χ3n) is 4.31. The van der Waals surface area contributed by atoms with Crippen molar-refractivity contribution in [2.45, 2.75) is 31.2 Å². The molecule has 1 aromatic rings. The third-order valence-corrected chi connectivity index (χ3v) is 4.80. The summed E-state index contributed by atoms with van der Waals surface area (Å²) in [6, 6.07) is 8.75. The molecule has 19 heavy (non-hydrogen) atoms. The number of nitrogens with one attached hydrogen (secondary N) is 1. The highest BCUT2D eigenvalue weighted by atomic mass is 79.9. The molecule has 2 heterocycles. The smallest absolute Gasteiger partial charge is 0.237 e. The zero-order valence-electron chi connectivity index (χ0n) is 10.9. The molecule has 0 aromatic heterocycles. The van der Waals surface area contributed by atoms with Crippen molar-refractivity contribution in [3.05, 3.63) is 34.3 Å². The summed E-state index contributed by atoms with van der Waals surface area (Å²) in [7, 11) is 0. The van der Waals surface area contributed by atoms with E-state index in [4.69, 9.17) is 0 Å². The molecule has 1 amide bonds. The first-order chi connectivity index (χ1) is 9.24. The molecule has 1 aromatic carbocycles. The second kappa shape index (κ2) is 5.63. The highest BCUT2D eigenvalue weighted by Gasteiger charge is 2.32. The maximum absolute atomic E-state index is 11.7. The summed E-state index contributed by atoms with van der Waals surface area (Å²) in [6.45, 7) is 2.92. The van der Waals surface area contributed by atoms with E-state index in [1.54, 1.807) is 0 Å². The van der Waals surface area contributed by atoms with Gasteiger partial charge in [-0.1, -0.05) is 28.1 Å². The van der Waals surface area contributed by atoms with Crippen LogP contribution in [0.15, 0.2) is 28.7 Å². The molecule has 1 unspecified atom stereocenters. The number of rotatable bonds is 2. The fourth-order valence-electron chi connectivity index (χ4n) is 3.23. The molecule has 1 N–H and O–H groups in total. The van der Waals surface area contributed by atoms with Gasteiger partial charge in [0.05, 0.1) is 6.04 Å². The molecule has 3 nitrogen and oxygen atoms in total. The van der Waals surface area contributed by atoms with Crippen molar-refractivity contribution in [1.29, 1.82) is 0 Å². The first-order valence-electron chi connectivity index (χ1n) is 7.01. The second-order valence-corrected chi connectivity index (χ2v) is 6.38. The molecule has 4 heteroatoms. The molecule has 2 aliphatic heterocycles. The van der Waals surface area contributed by atoms with Crippen LogP contribution < -0.4 is 5.32 Å². The van der Waals surface area contributed by atoms with Gasteiger partial charge >= 0.3 is 0 Å². The molecule has 102 valence electrons. The zero-order valence-corrected chi connectivity index (χ0v) is 12.5. The first-order valence-corrected chi connectivity index (χ1v) is 7.80. The summed E-state index contributed by atoms with van der Waals surface area (Å²) in [5.74, 6) is 0.860. The molecule has 0 aliphatic carbocycles. The Balaban J connectivity index is 1.61. The Hall–Kier alpha value is -0.870. The van der Waals surface area contributed by atoms with E-state index in [1.165, 1.54) is 5.56 Å². The predicted octanol–water partition coefficient (Wildman–Crippen LogP) is 2.52. The molecule has 0 saturated carbocycles. The minimum Gasteiger partial charge on any atom is -0.355 e. The molecule has 2 aliphatic rings. The summed E-state index contributed by atoms with van der Waals surface area (Å²) in [4.78, 5) is 14.1. The van der Waals surface area contributed by atoms with E-state index >= 15 is 0 Å². The van der Waals surface area contributed by atoms with E-state index < -0.39 is 0 Å². The lowest BCUT2D eigenvalue weighted by Crippen LogP contribution is -2.44. The number of carbonyl (C=O) groups excluding carboxylic acids is 1. The fourth-order valence-corrected chi connectivity index (χ4v) is 3.65. The van der Waals surface area contributed by atoms with Crippen LogP contribution in [0.5, 0.6) is 0 Å². The van der Waals surface area contributed by atoms with Crippen LogP contribution in [-0.4, -0.2) is 36.5 Å². The van der Waals surface area contributed by atoms with Crippen LogP contribution in [0.2, 0.25) is 0 Å². The Labute approximate surface area is 122 Å². The number of benzene rings is 1. The maximum atomic E-state index is 11.7. The largest absolute Gasteiger partial charge is 0.355 e. The van der Waals surface area contributed by atoms with Gasteiger partial charge in [0.25, 0.3) is 0 Å². The fraction of sp³-hybridized carbons (Fsp3) is 0.533. The van der Waals surface area contributed by atoms with Gasteiger partial charge in [-0.25, -0.2) is 0 Å². The van der Waals surface area contributed by atoms with Crippen LogP contribution in [0.1, 0.15) is 30.7 Å². The van der Waals surface area contributed by atoms with Gasteiger partial charge in [0.15, 0.2) is 0 Å². The van der Waals surface area contributed by atoms with Crippen LogP contribution >= 0.6 is 15.9 Å². The van der Waals surface area contributed by atoms with E-state index in [0.717, 1.165) is 43.4 Å². The van der Waals surface area contributed by atoms with Gasteiger partial charge in [0.1, 0.15) is 0 Å². The van der Waals surface area contributed by atoms with Gasteiger partial charge in [0.2, 0.25) is 5.91 Å². The number of likely N-dealkylation sites (tertiary alicyclic amines) is 1. The van der Waals surface area contributed by atoms with Gasteiger partial charge in [0, 0.05) is 11.0 Å². The van der Waals surface area contributed by atoms with Crippen LogP contribution in [0, 0.1) is 0 Å². The van der Waals surface area contributed by atoms with Gasteiger partial charge in [-0.2, -0.15) is 0 Å². The Kier molecular flexibility index (Phi) is 3.89. The van der Waals surface area contributed by atoms with E-state index in [1.807, 2.05) is 0 Å². The van der Waals surface area contributed by atoms with E-state index in [2.05, 4.69) is 50.4 Å². The molecule has 0 radical (unpaired) electrons. The molecule has 0 spiro atoms. The average Bonchev–Trinajstić information content (AvgIpc) is 2.85. The lowest BCUT2D eigenvalue weighted by Gasteiger charge is -2.35. The summed E-state index contributed by atoms with van der Waals surface area (Å²) < 4.78 is 1.16. The molecule has 3 rings (SSSR count). The van der Waals surface area contributed by atoms with Crippen molar-refractivity contribution >= 4 is 21.8 Å². The van der Waals surface area contributed by atoms with Crippen LogP contribution in [0.4, 0.5) is 0 Å². The monoisotopic (exact) mass is 322 g/mol. The van der Waals surface area contributed by atoms with Gasteiger partial charge in [-0.05, 0) is 56.0 Å². The molecule has 0 bridgehead atoms. The molecule has 2 fully saturated rings. The number of halogens is 1. The molecule has 1 atom stereocenters. The number of amides is 1. The van der Waals surface area contributed by atoms with E-state index in [9.17, 15) is 4.79 Å². The van der Waals surface area contributed by atoms with Crippen LogP contribution in [0.25, 0.3) is 0 Å². The highest BCUT2D eigenvalue weighted by Crippen LogP contribution is 2.30. The van der Waals surface area contributed by atoms with Gasteiger partial charge in [-0.3, -0.25) is 9.69 Å². The zero-order chi connectivity index (χ0) is 13.2. The van der Waals surface area contributed by atoms with Crippen molar-refractivity contribution in [3.63, 3.8) is 0 Å². The molecule has 2 saturated heterocycles. The van der Waals surface area contributed by atoms with Crippen molar-refractivity contribution in [2.24, 2.45) is 0 Å². The Bertz CT molecular complexity index is 469. The summed E-state index contributed by atoms with van der Waals surface area (Å²) in [5, 5.41) is 2.93. The highest BCUT2D eigenvalue weighted by molar-refractivity contribution is 9.10. The van der Waals surface area contributed by atoms with E-state index in [0.29, 0.717) is 5.92 Å². The lowest BCUT2D eigenvalue weighted by molar-refractivity contribution is -0.124. The van der Waals surface area contributed by atoms with Crippen molar-refractivity contribution in [3.8, 4) is 0 Å². The Morgan fingerprint density at radius 1 is 1.21 bits per heavy atom. The molecular formula is C15H19BrN2O. The number of piperidine rings is 1. The van der Waals surface area contributed by atoms with Gasteiger partial charge in [-0.15, -0.1) is 0 Å². The maximum Gasteiger partial charge on any atom is 0.237 e. The number of nitrogens with zero attached hydrogens (tertiary/aromatic N) is 1. The summed E-state index contributed by atoms with van der Waals surface area (Å²) >= 11 is 3.54. The Morgan fingerprint density at radius 3 is 2.63 bits per heavy atom. The van der Waals surface area contributed by atoms with Crippen molar-refractivity contribution in [1.82, 2.24) is 10.2 Å². The third kappa shape index (κ3) is 2.84. The average molecular weight is 323 g/mol. The second-order valence-electron chi connectivity index (χ2n) is 5.46. The number of hydrogen-bond acceptors (Lipinski definition) is 2. The lowest BCUT2D eigenvalue weighted by atomic mass is 9.89. The SMILES string of the molecule is O=C1NCCC1N1CCC(c2cccc(Br)c2)CC1. The normalized spacial score (nSPS) is 25.5. The standard InChI is InChI=1S/C15H19BrN2O/c16-13-3-1-2-12(10-13)11-5-8-18(9-6-11)14-4-7-17-15(14)19/h1-3,10-11,14H,4-9H2,(H,17,19). The summed E-state index contributed by atoms with van der Waals surface area (Å²) in [5.41, 5.74) is 1.42. The van der Waals surface area contributed by atoms with Crippen LogP contribution in [-0.2, 0) is 4.79 Å². The summed E-state index contributed by atoms with van der Waals surface area (Å²) in [6.07, 6.45) is 3.28. The van der Waals surface area contributed by atoms with Gasteiger partial charge < -0.3 is 5.32 Å².